The minimum atomic E-state index is -0.499. The van der Waals surface area contributed by atoms with Crippen LogP contribution in [0.2, 0.25) is 0 Å². The summed E-state index contributed by atoms with van der Waals surface area (Å²) in [5.41, 5.74) is 5.68. The van der Waals surface area contributed by atoms with Crippen LogP contribution in [-0.2, 0) is 11.3 Å². The molecule has 2 heterocycles. The Balaban J connectivity index is 1.73. The van der Waals surface area contributed by atoms with E-state index < -0.39 is 6.03 Å². The van der Waals surface area contributed by atoms with Gasteiger partial charge in [0.05, 0.1) is 23.4 Å². The first kappa shape index (κ1) is 16.9. The third-order valence-electron chi connectivity index (χ3n) is 4.51. The number of nitrogens with zero attached hydrogens (tertiary/aromatic N) is 3. The summed E-state index contributed by atoms with van der Waals surface area (Å²) < 4.78 is 0. The fraction of sp³-hybridized carbons (Fsp3) is 0.412. The van der Waals surface area contributed by atoms with Gasteiger partial charge in [-0.1, -0.05) is 12.1 Å². The number of aromatic amines is 1. The van der Waals surface area contributed by atoms with E-state index in [0.717, 1.165) is 6.42 Å². The number of hydrogen-bond acceptors (Lipinski definition) is 4. The molecule has 1 fully saturated rings. The van der Waals surface area contributed by atoms with Gasteiger partial charge in [-0.25, -0.2) is 9.78 Å². The number of piperidine rings is 1. The summed E-state index contributed by atoms with van der Waals surface area (Å²) in [7, 11) is 1.67. The molecular formula is C17H21N5O3. The number of nitrogens with two attached hydrogens (primary N) is 1. The number of carbonyl (C=O) groups excluding carboxylic acids is 2. The number of likely N-dealkylation sites (tertiary alicyclic amines) is 1. The molecule has 3 rings (SSSR count). The Morgan fingerprint density at radius 3 is 2.92 bits per heavy atom. The molecule has 8 nitrogen and oxygen atoms in total. The van der Waals surface area contributed by atoms with E-state index in [1.54, 1.807) is 25.2 Å². The van der Waals surface area contributed by atoms with Crippen molar-refractivity contribution in [2.45, 2.75) is 19.4 Å². The number of H-pyrrole nitrogens is 1. The number of fused-ring (bicyclic) bond motifs is 1. The maximum absolute atomic E-state index is 12.6. The van der Waals surface area contributed by atoms with E-state index >= 15 is 0 Å². The van der Waals surface area contributed by atoms with Crippen LogP contribution >= 0.6 is 0 Å². The number of nitrogens with one attached hydrogen (secondary N) is 1. The van der Waals surface area contributed by atoms with Gasteiger partial charge in [-0.2, -0.15) is 0 Å². The van der Waals surface area contributed by atoms with Gasteiger partial charge in [0.25, 0.3) is 5.56 Å². The van der Waals surface area contributed by atoms with E-state index in [2.05, 4.69) is 9.97 Å². The van der Waals surface area contributed by atoms with Crippen LogP contribution in [0.15, 0.2) is 29.1 Å². The van der Waals surface area contributed by atoms with Gasteiger partial charge in [0.15, 0.2) is 0 Å². The van der Waals surface area contributed by atoms with Crippen LogP contribution in [0.5, 0.6) is 0 Å². The van der Waals surface area contributed by atoms with Crippen LogP contribution in [0, 0.1) is 5.92 Å². The molecule has 1 atom stereocenters. The number of hydrogen-bond donors (Lipinski definition) is 2. The Kier molecular flexibility index (Phi) is 4.69. The van der Waals surface area contributed by atoms with E-state index in [1.165, 1.54) is 9.80 Å². The SMILES string of the molecule is CN(Cc1nc2ccccc2c(=O)[nH]1)C(=O)C1CCCN(C(N)=O)C1. The fourth-order valence-electron chi connectivity index (χ4n) is 3.20. The lowest BCUT2D eigenvalue weighted by Gasteiger charge is -2.32. The minimum absolute atomic E-state index is 0.0817. The lowest BCUT2D eigenvalue weighted by molar-refractivity contribution is -0.136. The maximum atomic E-state index is 12.6. The van der Waals surface area contributed by atoms with E-state index in [-0.39, 0.29) is 23.9 Å². The largest absolute Gasteiger partial charge is 0.351 e. The Morgan fingerprint density at radius 1 is 1.40 bits per heavy atom. The molecule has 1 aliphatic rings. The van der Waals surface area contributed by atoms with Gasteiger partial charge in [0.1, 0.15) is 5.82 Å². The Hall–Kier alpha value is -2.90. The summed E-state index contributed by atoms with van der Waals surface area (Å²) in [6, 6.07) is 6.57. The van der Waals surface area contributed by atoms with Crippen molar-refractivity contribution in [3.8, 4) is 0 Å². The minimum Gasteiger partial charge on any atom is -0.351 e. The predicted octanol–water partition coefficient (Wildman–Crippen LogP) is 0.672. The highest BCUT2D eigenvalue weighted by atomic mass is 16.2. The Labute approximate surface area is 144 Å². The maximum Gasteiger partial charge on any atom is 0.314 e. The van der Waals surface area contributed by atoms with Crippen LogP contribution in [0.1, 0.15) is 18.7 Å². The van der Waals surface area contributed by atoms with Crippen LogP contribution in [-0.4, -0.2) is 51.8 Å². The number of para-hydroxylation sites is 1. The summed E-state index contributed by atoms with van der Waals surface area (Å²) in [5, 5.41) is 0.518. The van der Waals surface area contributed by atoms with Crippen molar-refractivity contribution in [3.63, 3.8) is 0 Å². The molecule has 1 unspecified atom stereocenters. The first-order valence-electron chi connectivity index (χ1n) is 8.23. The topological polar surface area (TPSA) is 112 Å². The van der Waals surface area contributed by atoms with Gasteiger partial charge in [-0.3, -0.25) is 9.59 Å². The molecule has 0 bridgehead atoms. The van der Waals surface area contributed by atoms with E-state index in [0.29, 0.717) is 36.2 Å². The van der Waals surface area contributed by atoms with Crippen molar-refractivity contribution < 1.29 is 9.59 Å². The average molecular weight is 343 g/mol. The van der Waals surface area contributed by atoms with Crippen LogP contribution in [0.3, 0.4) is 0 Å². The molecule has 2 aromatic rings. The van der Waals surface area contributed by atoms with Crippen molar-refractivity contribution >= 4 is 22.8 Å². The smallest absolute Gasteiger partial charge is 0.314 e. The average Bonchev–Trinajstić information content (AvgIpc) is 2.61. The van der Waals surface area contributed by atoms with E-state index in [1.807, 2.05) is 6.07 Å². The molecule has 0 saturated carbocycles. The normalized spacial score (nSPS) is 17.5. The molecule has 3 amide bonds. The fourth-order valence-corrected chi connectivity index (χ4v) is 3.20. The molecule has 0 radical (unpaired) electrons. The molecule has 0 spiro atoms. The molecular weight excluding hydrogens is 322 g/mol. The quantitative estimate of drug-likeness (QED) is 0.853. The highest BCUT2D eigenvalue weighted by Gasteiger charge is 2.29. The van der Waals surface area contributed by atoms with Crippen molar-refractivity contribution in [2.75, 3.05) is 20.1 Å². The zero-order chi connectivity index (χ0) is 18.0. The van der Waals surface area contributed by atoms with Gasteiger partial charge < -0.3 is 20.5 Å². The van der Waals surface area contributed by atoms with Gasteiger partial charge >= 0.3 is 6.03 Å². The molecule has 1 saturated heterocycles. The zero-order valence-electron chi connectivity index (χ0n) is 14.1. The summed E-state index contributed by atoms with van der Waals surface area (Å²) in [4.78, 5) is 46.2. The van der Waals surface area contributed by atoms with Gasteiger partial charge in [0, 0.05) is 20.1 Å². The second kappa shape index (κ2) is 6.92. The number of primary amides is 1. The van der Waals surface area contributed by atoms with Crippen LogP contribution in [0.4, 0.5) is 4.79 Å². The predicted molar refractivity (Wildman–Crippen MR) is 92.7 cm³/mol. The summed E-state index contributed by atoms with van der Waals surface area (Å²) in [6.07, 6.45) is 1.47. The van der Waals surface area contributed by atoms with Gasteiger partial charge in [-0.05, 0) is 25.0 Å². The number of carbonyl (C=O) groups is 2. The second-order valence-corrected chi connectivity index (χ2v) is 6.35. The monoisotopic (exact) mass is 343 g/mol. The van der Waals surface area contributed by atoms with E-state index in [9.17, 15) is 14.4 Å². The number of amides is 3. The molecule has 8 heteroatoms. The Bertz CT molecular complexity index is 863. The van der Waals surface area contributed by atoms with Crippen LogP contribution in [0.25, 0.3) is 10.9 Å². The molecule has 1 aromatic carbocycles. The molecule has 1 aliphatic heterocycles. The summed E-state index contributed by atoms with van der Waals surface area (Å²) >= 11 is 0. The molecule has 25 heavy (non-hydrogen) atoms. The number of aromatic nitrogens is 2. The first-order valence-corrected chi connectivity index (χ1v) is 8.23. The van der Waals surface area contributed by atoms with Crippen molar-refractivity contribution in [1.29, 1.82) is 0 Å². The van der Waals surface area contributed by atoms with Gasteiger partial charge in [-0.15, -0.1) is 0 Å². The molecule has 1 aromatic heterocycles. The molecule has 3 N–H and O–H groups in total. The third kappa shape index (κ3) is 3.62. The van der Waals surface area contributed by atoms with Crippen molar-refractivity contribution in [1.82, 2.24) is 19.8 Å². The van der Waals surface area contributed by atoms with Crippen LogP contribution < -0.4 is 11.3 Å². The summed E-state index contributed by atoms with van der Waals surface area (Å²) in [5.74, 6) is 0.0716. The van der Waals surface area contributed by atoms with Crippen molar-refractivity contribution in [3.05, 3.63) is 40.4 Å². The summed E-state index contributed by atoms with van der Waals surface area (Å²) in [6.45, 7) is 1.12. The Morgan fingerprint density at radius 2 is 2.16 bits per heavy atom. The van der Waals surface area contributed by atoms with Gasteiger partial charge in [0.2, 0.25) is 5.91 Å². The third-order valence-corrected chi connectivity index (χ3v) is 4.51. The molecule has 0 aliphatic carbocycles. The second-order valence-electron chi connectivity index (χ2n) is 6.35. The zero-order valence-corrected chi connectivity index (χ0v) is 14.1. The number of rotatable bonds is 3. The first-order chi connectivity index (χ1) is 12.0. The lowest BCUT2D eigenvalue weighted by Crippen LogP contribution is -2.47. The highest BCUT2D eigenvalue weighted by molar-refractivity contribution is 5.80. The highest BCUT2D eigenvalue weighted by Crippen LogP contribution is 2.19. The standard InChI is InChI=1S/C17H21N5O3/c1-21(16(24)11-5-4-8-22(9-11)17(18)25)10-14-19-13-7-3-2-6-12(13)15(23)20-14/h2-3,6-7,11H,4-5,8-10H2,1H3,(H2,18,25)(H,19,20,23). The number of urea groups is 1. The number of benzene rings is 1. The molecule has 132 valence electrons. The van der Waals surface area contributed by atoms with E-state index in [4.69, 9.17) is 5.73 Å². The van der Waals surface area contributed by atoms with Crippen molar-refractivity contribution in [2.24, 2.45) is 11.7 Å². The lowest BCUT2D eigenvalue weighted by atomic mass is 9.97.